The summed E-state index contributed by atoms with van der Waals surface area (Å²) in [5.41, 5.74) is 1.67. The fourth-order valence-electron chi connectivity index (χ4n) is 3.22. The third-order valence-electron chi connectivity index (χ3n) is 4.65. The molecule has 0 spiro atoms. The zero-order valence-corrected chi connectivity index (χ0v) is 15.8. The molecule has 1 aliphatic rings. The van der Waals surface area contributed by atoms with Gasteiger partial charge < -0.3 is 14.8 Å². The van der Waals surface area contributed by atoms with Gasteiger partial charge in [0.05, 0.1) is 5.71 Å². The number of halogens is 1. The fourth-order valence-corrected chi connectivity index (χ4v) is 3.22. The number of nitrogens with zero attached hydrogens (tertiary/aromatic N) is 2. The van der Waals surface area contributed by atoms with Gasteiger partial charge in [0.2, 0.25) is 0 Å². The van der Waals surface area contributed by atoms with Gasteiger partial charge in [0.1, 0.15) is 11.5 Å². The van der Waals surface area contributed by atoms with Crippen LogP contribution in [0.2, 0.25) is 0 Å². The van der Waals surface area contributed by atoms with Crippen LogP contribution in [0.5, 0.6) is 11.5 Å². The number of oxime groups is 1. The minimum atomic E-state index is 0. The highest BCUT2D eigenvalue weighted by Crippen LogP contribution is 2.22. The molecule has 0 bridgehead atoms. The SMILES string of the molecule is Cl.ON=C(CCN1CCCCCC1)c1ccc(Oc2ccccc2)cc1. The molecule has 2 aromatic rings. The van der Waals surface area contributed by atoms with Gasteiger partial charge in [-0.15, -0.1) is 12.4 Å². The van der Waals surface area contributed by atoms with Gasteiger partial charge in [-0.3, -0.25) is 0 Å². The average Bonchev–Trinajstić information content (AvgIpc) is 2.93. The Kier molecular flexibility index (Phi) is 8.45. The van der Waals surface area contributed by atoms with Crippen LogP contribution in [0, 0.1) is 0 Å². The molecule has 0 radical (unpaired) electrons. The number of hydrogen-bond acceptors (Lipinski definition) is 4. The van der Waals surface area contributed by atoms with Crippen LogP contribution in [-0.2, 0) is 0 Å². The summed E-state index contributed by atoms with van der Waals surface area (Å²) in [6.07, 6.45) is 5.98. The number of para-hydroxylation sites is 1. The Balaban J connectivity index is 0.00000243. The van der Waals surface area contributed by atoms with Gasteiger partial charge in [0.25, 0.3) is 0 Å². The van der Waals surface area contributed by atoms with Gasteiger partial charge in [-0.1, -0.05) is 36.2 Å². The number of likely N-dealkylation sites (tertiary alicyclic amines) is 1. The summed E-state index contributed by atoms with van der Waals surface area (Å²) in [5.74, 6) is 1.59. The van der Waals surface area contributed by atoms with E-state index in [0.29, 0.717) is 0 Å². The minimum absolute atomic E-state index is 0. The summed E-state index contributed by atoms with van der Waals surface area (Å²) in [7, 11) is 0. The summed E-state index contributed by atoms with van der Waals surface area (Å²) in [4.78, 5) is 2.48. The highest BCUT2D eigenvalue weighted by atomic mass is 35.5. The lowest BCUT2D eigenvalue weighted by molar-refractivity contribution is 0.288. The van der Waals surface area contributed by atoms with Crippen molar-refractivity contribution in [3.63, 3.8) is 0 Å². The van der Waals surface area contributed by atoms with Crippen LogP contribution in [-0.4, -0.2) is 35.5 Å². The van der Waals surface area contributed by atoms with Crippen LogP contribution in [0.3, 0.4) is 0 Å². The van der Waals surface area contributed by atoms with Crippen LogP contribution in [0.1, 0.15) is 37.7 Å². The smallest absolute Gasteiger partial charge is 0.127 e. The predicted molar refractivity (Wildman–Crippen MR) is 108 cm³/mol. The van der Waals surface area contributed by atoms with Crippen molar-refractivity contribution in [3.8, 4) is 11.5 Å². The molecule has 2 aromatic carbocycles. The van der Waals surface area contributed by atoms with Crippen molar-refractivity contribution in [1.82, 2.24) is 4.90 Å². The second-order valence-corrected chi connectivity index (χ2v) is 6.49. The molecular formula is C21H27ClN2O2. The molecule has 1 saturated heterocycles. The van der Waals surface area contributed by atoms with Gasteiger partial charge in [-0.2, -0.15) is 0 Å². The van der Waals surface area contributed by atoms with Crippen LogP contribution in [0.25, 0.3) is 0 Å². The first kappa shape index (κ1) is 20.3. The Bertz CT molecular complexity index is 666. The van der Waals surface area contributed by atoms with Crippen molar-refractivity contribution in [1.29, 1.82) is 0 Å². The number of ether oxygens (including phenoxy) is 1. The van der Waals surface area contributed by atoms with E-state index in [1.54, 1.807) is 0 Å². The molecule has 3 rings (SSSR count). The Morgan fingerprint density at radius 3 is 2.12 bits per heavy atom. The Labute approximate surface area is 161 Å². The molecule has 1 aliphatic heterocycles. The van der Waals surface area contributed by atoms with Crippen molar-refractivity contribution in [2.75, 3.05) is 19.6 Å². The third kappa shape index (κ3) is 6.04. The fraction of sp³-hybridized carbons (Fsp3) is 0.381. The molecule has 0 saturated carbocycles. The van der Waals surface area contributed by atoms with Crippen molar-refractivity contribution in [3.05, 3.63) is 60.2 Å². The van der Waals surface area contributed by atoms with E-state index in [1.165, 1.54) is 25.7 Å². The van der Waals surface area contributed by atoms with E-state index in [4.69, 9.17) is 4.74 Å². The maximum atomic E-state index is 9.41. The largest absolute Gasteiger partial charge is 0.457 e. The van der Waals surface area contributed by atoms with E-state index in [-0.39, 0.29) is 12.4 Å². The summed E-state index contributed by atoms with van der Waals surface area (Å²) < 4.78 is 5.81. The summed E-state index contributed by atoms with van der Waals surface area (Å²) in [6.45, 7) is 3.26. The van der Waals surface area contributed by atoms with Gasteiger partial charge in [0, 0.05) is 13.0 Å². The van der Waals surface area contributed by atoms with Crippen molar-refractivity contribution in [2.24, 2.45) is 5.16 Å². The van der Waals surface area contributed by atoms with E-state index in [9.17, 15) is 5.21 Å². The van der Waals surface area contributed by atoms with E-state index >= 15 is 0 Å². The molecule has 0 aromatic heterocycles. The lowest BCUT2D eigenvalue weighted by Gasteiger charge is -2.19. The highest BCUT2D eigenvalue weighted by molar-refractivity contribution is 6.00. The molecule has 1 N–H and O–H groups in total. The third-order valence-corrected chi connectivity index (χ3v) is 4.65. The van der Waals surface area contributed by atoms with E-state index in [2.05, 4.69) is 10.1 Å². The molecular weight excluding hydrogens is 348 g/mol. The van der Waals surface area contributed by atoms with Crippen molar-refractivity contribution < 1.29 is 9.94 Å². The molecule has 0 aliphatic carbocycles. The van der Waals surface area contributed by atoms with Crippen molar-refractivity contribution >= 4 is 18.1 Å². The summed E-state index contributed by atoms with van der Waals surface area (Å²) in [5, 5.41) is 12.9. The molecule has 1 heterocycles. The lowest BCUT2D eigenvalue weighted by atomic mass is 10.1. The lowest BCUT2D eigenvalue weighted by Crippen LogP contribution is -2.27. The maximum absolute atomic E-state index is 9.41. The molecule has 0 atom stereocenters. The standard InChI is InChI=1S/C21H26N2O2.ClH/c24-22-21(14-17-23-15-6-1-2-7-16-23)18-10-12-20(13-11-18)25-19-8-4-3-5-9-19;/h3-5,8-13,24H,1-2,6-7,14-17H2;1H. The second kappa shape index (κ2) is 10.8. The van der Waals surface area contributed by atoms with Gasteiger partial charge in [-0.05, 0) is 67.9 Å². The molecule has 26 heavy (non-hydrogen) atoms. The zero-order chi connectivity index (χ0) is 17.3. The number of benzene rings is 2. The molecule has 1 fully saturated rings. The maximum Gasteiger partial charge on any atom is 0.127 e. The first-order valence-corrected chi connectivity index (χ1v) is 9.12. The van der Waals surface area contributed by atoms with E-state index < -0.39 is 0 Å². The van der Waals surface area contributed by atoms with E-state index in [0.717, 1.165) is 48.8 Å². The summed E-state index contributed by atoms with van der Waals surface area (Å²) >= 11 is 0. The van der Waals surface area contributed by atoms with Crippen LogP contribution >= 0.6 is 12.4 Å². The Morgan fingerprint density at radius 2 is 1.50 bits per heavy atom. The molecule has 0 unspecified atom stereocenters. The predicted octanol–water partition coefficient (Wildman–Crippen LogP) is 5.35. The van der Waals surface area contributed by atoms with Crippen LogP contribution in [0.15, 0.2) is 59.8 Å². The Morgan fingerprint density at radius 1 is 0.885 bits per heavy atom. The van der Waals surface area contributed by atoms with Crippen LogP contribution < -0.4 is 4.74 Å². The summed E-state index contributed by atoms with van der Waals surface area (Å²) in [6, 6.07) is 17.5. The first-order valence-electron chi connectivity index (χ1n) is 9.12. The van der Waals surface area contributed by atoms with E-state index in [1.807, 2.05) is 54.6 Å². The topological polar surface area (TPSA) is 45.1 Å². The molecule has 0 amide bonds. The monoisotopic (exact) mass is 374 g/mol. The second-order valence-electron chi connectivity index (χ2n) is 6.49. The average molecular weight is 375 g/mol. The normalized spacial score (nSPS) is 15.8. The van der Waals surface area contributed by atoms with Gasteiger partial charge >= 0.3 is 0 Å². The van der Waals surface area contributed by atoms with Crippen LogP contribution in [0.4, 0.5) is 0 Å². The molecule has 4 nitrogen and oxygen atoms in total. The first-order chi connectivity index (χ1) is 12.3. The zero-order valence-electron chi connectivity index (χ0n) is 15.0. The van der Waals surface area contributed by atoms with Crippen molar-refractivity contribution in [2.45, 2.75) is 32.1 Å². The number of rotatable bonds is 6. The quantitative estimate of drug-likeness (QED) is 0.421. The van der Waals surface area contributed by atoms with Gasteiger partial charge in [-0.25, -0.2) is 0 Å². The Hall–Kier alpha value is -2.04. The molecule has 5 heteroatoms. The molecule has 140 valence electrons. The minimum Gasteiger partial charge on any atom is -0.457 e. The highest BCUT2D eigenvalue weighted by Gasteiger charge is 2.12. The van der Waals surface area contributed by atoms with Gasteiger partial charge in [0.15, 0.2) is 0 Å². The number of hydrogen-bond donors (Lipinski definition) is 1.